The van der Waals surface area contributed by atoms with Crippen molar-refractivity contribution in [2.24, 2.45) is 11.8 Å². The average Bonchev–Trinajstić information content (AvgIpc) is 2.53. The molecule has 2 atom stereocenters. The van der Waals surface area contributed by atoms with Crippen molar-refractivity contribution in [2.45, 2.75) is 102 Å². The summed E-state index contributed by atoms with van der Waals surface area (Å²) in [6.45, 7) is 8.83. The van der Waals surface area contributed by atoms with E-state index in [1.54, 1.807) is 0 Å². The van der Waals surface area contributed by atoms with E-state index in [4.69, 9.17) is 10.2 Å². The van der Waals surface area contributed by atoms with Gasteiger partial charge in [0.05, 0.1) is 10.5 Å². The van der Waals surface area contributed by atoms with Gasteiger partial charge >= 0.3 is 11.9 Å². The summed E-state index contributed by atoms with van der Waals surface area (Å²) in [5.74, 6) is -0.0862. The third-order valence-corrected chi connectivity index (χ3v) is 5.05. The van der Waals surface area contributed by atoms with Gasteiger partial charge in [0.2, 0.25) is 0 Å². The summed E-state index contributed by atoms with van der Waals surface area (Å²) in [5.41, 5.74) is 0. The average molecular weight is 409 g/mol. The second-order valence-electron chi connectivity index (χ2n) is 7.77. The number of hydrogen-bond acceptors (Lipinski definition) is 4. The van der Waals surface area contributed by atoms with Crippen molar-refractivity contribution in [3.63, 3.8) is 0 Å². The molecular formula is C20H40O4S2. The second-order valence-corrected chi connectivity index (χ2v) is 9.02. The molecule has 0 radical (unpaired) electrons. The van der Waals surface area contributed by atoms with Crippen molar-refractivity contribution < 1.29 is 19.8 Å². The number of hydrogen-bond donors (Lipinski definition) is 4. The van der Waals surface area contributed by atoms with Gasteiger partial charge in [0.25, 0.3) is 0 Å². The summed E-state index contributed by atoms with van der Waals surface area (Å²) in [4.78, 5) is 20.8. The van der Waals surface area contributed by atoms with Crippen molar-refractivity contribution in [1.29, 1.82) is 0 Å². The van der Waals surface area contributed by atoms with Crippen LogP contribution in [0.25, 0.3) is 0 Å². The van der Waals surface area contributed by atoms with Crippen LogP contribution < -0.4 is 0 Å². The molecular weight excluding hydrogens is 368 g/mol. The maximum Gasteiger partial charge on any atom is 0.316 e. The molecule has 0 aliphatic rings. The van der Waals surface area contributed by atoms with Crippen LogP contribution in [0.2, 0.25) is 0 Å². The van der Waals surface area contributed by atoms with Crippen LogP contribution in [0.4, 0.5) is 0 Å². The Kier molecular flexibility index (Phi) is 19.3. The number of carboxylic acid groups (broad SMARTS) is 2. The fourth-order valence-electron chi connectivity index (χ4n) is 2.38. The highest BCUT2D eigenvalue weighted by molar-refractivity contribution is 7.82. The standard InChI is InChI=1S/2C10H20O2S/c2*1-8(2)6-4-3-5-7-9(13)10(11)12/h2*8-9,13H,3-7H2,1-2H3,(H,11,12). The van der Waals surface area contributed by atoms with Gasteiger partial charge in [0.15, 0.2) is 0 Å². The van der Waals surface area contributed by atoms with E-state index in [1.807, 2.05) is 0 Å². The molecule has 0 bridgehead atoms. The number of thiol groups is 2. The molecule has 0 fully saturated rings. The number of carbonyl (C=O) groups is 2. The molecule has 0 spiro atoms. The Morgan fingerprint density at radius 2 is 0.885 bits per heavy atom. The van der Waals surface area contributed by atoms with Crippen molar-refractivity contribution in [3.05, 3.63) is 0 Å². The third kappa shape index (κ3) is 21.7. The Bertz CT molecular complexity index is 326. The predicted molar refractivity (Wildman–Crippen MR) is 117 cm³/mol. The van der Waals surface area contributed by atoms with Crippen LogP contribution in [-0.2, 0) is 9.59 Å². The second kappa shape index (κ2) is 18.0. The molecule has 0 rings (SSSR count). The van der Waals surface area contributed by atoms with Crippen LogP contribution >= 0.6 is 25.3 Å². The fourth-order valence-corrected chi connectivity index (χ4v) is 2.75. The molecule has 0 heterocycles. The summed E-state index contributed by atoms with van der Waals surface area (Å²) in [6.07, 6.45) is 10.5. The van der Waals surface area contributed by atoms with E-state index in [0.29, 0.717) is 12.8 Å². The van der Waals surface area contributed by atoms with Gasteiger partial charge in [-0.15, -0.1) is 0 Å². The Hall–Kier alpha value is -0.360. The Morgan fingerprint density at radius 3 is 1.12 bits per heavy atom. The highest BCUT2D eigenvalue weighted by Crippen LogP contribution is 2.13. The van der Waals surface area contributed by atoms with Crippen LogP contribution in [0.3, 0.4) is 0 Å². The number of rotatable bonds is 14. The zero-order chi connectivity index (χ0) is 20.5. The van der Waals surface area contributed by atoms with Crippen molar-refractivity contribution in [1.82, 2.24) is 0 Å². The molecule has 0 saturated carbocycles. The highest BCUT2D eigenvalue weighted by Gasteiger charge is 2.11. The maximum absolute atomic E-state index is 10.4. The lowest BCUT2D eigenvalue weighted by atomic mass is 10.0. The molecule has 2 unspecified atom stereocenters. The summed E-state index contributed by atoms with van der Waals surface area (Å²) in [5, 5.41) is 16.2. The monoisotopic (exact) mass is 408 g/mol. The van der Waals surface area contributed by atoms with Gasteiger partial charge in [0, 0.05) is 0 Å². The van der Waals surface area contributed by atoms with Gasteiger partial charge in [0.1, 0.15) is 0 Å². The minimum Gasteiger partial charge on any atom is -0.480 e. The molecule has 0 aromatic rings. The SMILES string of the molecule is CC(C)CCCCCC(S)C(=O)O.CC(C)CCCCCC(S)C(=O)O. The van der Waals surface area contributed by atoms with E-state index >= 15 is 0 Å². The molecule has 2 N–H and O–H groups in total. The predicted octanol–water partition coefficient (Wildman–Crippen LogP) is 5.95. The van der Waals surface area contributed by atoms with E-state index in [1.165, 1.54) is 25.7 Å². The first-order valence-corrected chi connectivity index (χ1v) is 10.9. The van der Waals surface area contributed by atoms with E-state index in [0.717, 1.165) is 37.5 Å². The Morgan fingerprint density at radius 1 is 0.615 bits per heavy atom. The van der Waals surface area contributed by atoms with Crippen LogP contribution in [-0.4, -0.2) is 32.7 Å². The minimum atomic E-state index is -0.799. The quantitative estimate of drug-likeness (QED) is 0.212. The topological polar surface area (TPSA) is 74.6 Å². The van der Waals surface area contributed by atoms with Gasteiger partial charge in [-0.05, 0) is 24.7 Å². The van der Waals surface area contributed by atoms with E-state index in [-0.39, 0.29) is 0 Å². The smallest absolute Gasteiger partial charge is 0.316 e. The van der Waals surface area contributed by atoms with Gasteiger partial charge in [-0.1, -0.05) is 79.1 Å². The summed E-state index contributed by atoms with van der Waals surface area (Å²) in [6, 6.07) is 0. The number of unbranched alkanes of at least 4 members (excludes halogenated alkanes) is 4. The van der Waals surface area contributed by atoms with Gasteiger partial charge in [-0.2, -0.15) is 25.3 Å². The Labute approximate surface area is 171 Å². The van der Waals surface area contributed by atoms with Gasteiger partial charge < -0.3 is 10.2 Å². The largest absolute Gasteiger partial charge is 0.480 e. The lowest BCUT2D eigenvalue weighted by Gasteiger charge is -2.06. The number of carboxylic acids is 2. The molecule has 0 aliphatic heterocycles. The first-order chi connectivity index (χ1) is 12.1. The first kappa shape index (κ1) is 27.9. The summed E-state index contributed by atoms with van der Waals surface area (Å²) < 4.78 is 0. The molecule has 26 heavy (non-hydrogen) atoms. The molecule has 0 amide bonds. The molecule has 0 aliphatic carbocycles. The summed E-state index contributed by atoms with van der Waals surface area (Å²) in [7, 11) is 0. The first-order valence-electron chi connectivity index (χ1n) is 9.89. The number of aliphatic carboxylic acids is 2. The van der Waals surface area contributed by atoms with Gasteiger partial charge in [-0.3, -0.25) is 9.59 Å². The summed E-state index contributed by atoms with van der Waals surface area (Å²) >= 11 is 7.94. The van der Waals surface area contributed by atoms with Crippen LogP contribution in [0.15, 0.2) is 0 Å². The normalized spacial score (nSPS) is 13.2. The molecule has 0 aromatic heterocycles. The van der Waals surface area contributed by atoms with Crippen LogP contribution in [0.5, 0.6) is 0 Å². The van der Waals surface area contributed by atoms with Gasteiger partial charge in [-0.25, -0.2) is 0 Å². The van der Waals surface area contributed by atoms with Crippen LogP contribution in [0.1, 0.15) is 91.9 Å². The highest BCUT2D eigenvalue weighted by atomic mass is 32.1. The van der Waals surface area contributed by atoms with E-state index in [2.05, 4.69) is 53.0 Å². The van der Waals surface area contributed by atoms with E-state index < -0.39 is 22.4 Å². The lowest BCUT2D eigenvalue weighted by Crippen LogP contribution is -2.12. The van der Waals surface area contributed by atoms with E-state index in [9.17, 15) is 9.59 Å². The van der Waals surface area contributed by atoms with Crippen LogP contribution in [0, 0.1) is 11.8 Å². The maximum atomic E-state index is 10.4. The molecule has 4 nitrogen and oxygen atoms in total. The fraction of sp³-hybridized carbons (Fsp3) is 0.900. The minimum absolute atomic E-state index is 0.473. The van der Waals surface area contributed by atoms with Crippen molar-refractivity contribution in [2.75, 3.05) is 0 Å². The molecule has 6 heteroatoms. The lowest BCUT2D eigenvalue weighted by molar-refractivity contribution is -0.137. The van der Waals surface area contributed by atoms with Crippen molar-refractivity contribution >= 4 is 37.2 Å². The third-order valence-electron chi connectivity index (χ3n) is 4.09. The molecule has 156 valence electrons. The van der Waals surface area contributed by atoms with Crippen molar-refractivity contribution in [3.8, 4) is 0 Å². The Balaban J connectivity index is 0. The molecule has 0 saturated heterocycles. The molecule has 0 aromatic carbocycles. The zero-order valence-electron chi connectivity index (χ0n) is 17.0. The zero-order valence-corrected chi connectivity index (χ0v) is 18.8.